The number of benzene rings is 1. The van der Waals surface area contributed by atoms with E-state index in [0.717, 1.165) is 25.5 Å². The molecule has 2 aromatic rings. The molecule has 1 heterocycles. The van der Waals surface area contributed by atoms with Gasteiger partial charge in [-0.3, -0.25) is 0 Å². The van der Waals surface area contributed by atoms with E-state index in [2.05, 4.69) is 78.0 Å². The third-order valence-electron chi connectivity index (χ3n) is 2.08. The second-order valence-electron chi connectivity index (χ2n) is 3.31. The first kappa shape index (κ1) is 14.1. The number of thiophene rings is 1. The number of hydrogen-bond acceptors (Lipinski definition) is 2. The van der Waals surface area contributed by atoms with Gasteiger partial charge in [0, 0.05) is 29.6 Å². The van der Waals surface area contributed by atoms with Crippen molar-refractivity contribution in [1.82, 2.24) is 0 Å². The molecule has 0 spiro atoms. The van der Waals surface area contributed by atoms with Gasteiger partial charge in [-0.1, -0.05) is 11.6 Å². The van der Waals surface area contributed by atoms with Gasteiger partial charge >= 0.3 is 0 Å². The number of anilines is 1. The average molecular weight is 507 g/mol. The van der Waals surface area contributed by atoms with Gasteiger partial charge in [0.15, 0.2) is 0 Å². The summed E-state index contributed by atoms with van der Waals surface area (Å²) in [6.07, 6.45) is 0. The molecule has 0 atom stereocenters. The first-order chi connectivity index (χ1) is 8.06. The zero-order chi connectivity index (χ0) is 12.4. The van der Waals surface area contributed by atoms with Crippen LogP contribution in [0.4, 0.5) is 5.69 Å². The van der Waals surface area contributed by atoms with Crippen molar-refractivity contribution in [3.63, 3.8) is 0 Å². The summed E-state index contributed by atoms with van der Waals surface area (Å²) >= 11 is 16.8. The molecule has 1 aromatic carbocycles. The Labute approximate surface area is 139 Å². The molecule has 1 aromatic heterocycles. The van der Waals surface area contributed by atoms with Gasteiger partial charge in [0.1, 0.15) is 4.34 Å². The maximum absolute atomic E-state index is 6.00. The van der Waals surface area contributed by atoms with Crippen LogP contribution >= 0.6 is 77.4 Å². The molecule has 0 saturated carbocycles. The monoisotopic (exact) mass is 505 g/mol. The molecule has 1 nitrogen and oxygen atoms in total. The quantitative estimate of drug-likeness (QED) is 0.492. The second kappa shape index (κ2) is 6.23. The van der Waals surface area contributed by atoms with Gasteiger partial charge in [-0.2, -0.15) is 0 Å². The van der Waals surface area contributed by atoms with Crippen LogP contribution in [-0.2, 0) is 6.54 Å². The standard InChI is InChI=1S/C11H7Br2ClINS/c12-8-3-6(15)1-2-10(8)16-5-7-4-9(13)11(14)17-7/h1-4,16H,5H2. The summed E-state index contributed by atoms with van der Waals surface area (Å²) in [7, 11) is 0. The minimum Gasteiger partial charge on any atom is -0.379 e. The van der Waals surface area contributed by atoms with Crippen LogP contribution in [0.15, 0.2) is 33.2 Å². The second-order valence-corrected chi connectivity index (χ2v) is 8.01. The van der Waals surface area contributed by atoms with E-state index in [4.69, 9.17) is 11.6 Å². The van der Waals surface area contributed by atoms with Crippen LogP contribution in [0.3, 0.4) is 0 Å². The molecule has 2 rings (SSSR count). The van der Waals surface area contributed by atoms with E-state index in [-0.39, 0.29) is 0 Å². The van der Waals surface area contributed by atoms with Crippen LogP contribution in [0, 0.1) is 3.57 Å². The Kier molecular flexibility index (Phi) is 5.18. The van der Waals surface area contributed by atoms with Crippen LogP contribution in [0.1, 0.15) is 4.88 Å². The van der Waals surface area contributed by atoms with Gasteiger partial charge in [-0.05, 0) is 78.7 Å². The average Bonchev–Trinajstić information content (AvgIpc) is 2.57. The largest absolute Gasteiger partial charge is 0.379 e. The number of rotatable bonds is 3. The summed E-state index contributed by atoms with van der Waals surface area (Å²) in [6, 6.07) is 8.27. The van der Waals surface area contributed by atoms with Crippen LogP contribution in [0.2, 0.25) is 4.34 Å². The summed E-state index contributed by atoms with van der Waals surface area (Å²) in [5.41, 5.74) is 1.09. The number of nitrogens with one attached hydrogen (secondary N) is 1. The predicted molar refractivity (Wildman–Crippen MR) is 91.2 cm³/mol. The molecule has 1 N–H and O–H groups in total. The molecule has 6 heteroatoms. The lowest BCUT2D eigenvalue weighted by molar-refractivity contribution is 1.19. The fourth-order valence-electron chi connectivity index (χ4n) is 1.29. The fourth-order valence-corrected chi connectivity index (χ4v) is 4.46. The Bertz CT molecular complexity index is 525. The van der Waals surface area contributed by atoms with Gasteiger partial charge in [-0.15, -0.1) is 11.3 Å². The molecule has 0 aliphatic carbocycles. The topological polar surface area (TPSA) is 12.0 Å². The number of halogens is 4. The fraction of sp³-hybridized carbons (Fsp3) is 0.0909. The van der Waals surface area contributed by atoms with Crippen molar-refractivity contribution in [1.29, 1.82) is 0 Å². The van der Waals surface area contributed by atoms with Gasteiger partial charge in [0.25, 0.3) is 0 Å². The van der Waals surface area contributed by atoms with Crippen LogP contribution in [0.25, 0.3) is 0 Å². The Morgan fingerprint density at radius 3 is 2.59 bits per heavy atom. The summed E-state index contributed by atoms with van der Waals surface area (Å²) in [5, 5.41) is 3.38. The number of hydrogen-bond donors (Lipinski definition) is 1. The highest BCUT2D eigenvalue weighted by molar-refractivity contribution is 14.1. The first-order valence-electron chi connectivity index (χ1n) is 4.69. The molecule has 0 radical (unpaired) electrons. The first-order valence-corrected chi connectivity index (χ1v) is 8.55. The smallest absolute Gasteiger partial charge is 0.107 e. The molecule has 17 heavy (non-hydrogen) atoms. The lowest BCUT2D eigenvalue weighted by atomic mass is 10.3. The Hall–Kier alpha value is 0.700. The van der Waals surface area contributed by atoms with Crippen LogP contribution in [0.5, 0.6) is 0 Å². The molecule has 0 aliphatic heterocycles. The summed E-state index contributed by atoms with van der Waals surface area (Å²) < 4.78 is 4.04. The van der Waals surface area contributed by atoms with E-state index < -0.39 is 0 Å². The highest BCUT2D eigenvalue weighted by atomic mass is 127. The summed E-state index contributed by atoms with van der Waals surface area (Å²) in [5.74, 6) is 0. The minimum absolute atomic E-state index is 0.773. The van der Waals surface area contributed by atoms with Crippen molar-refractivity contribution in [3.05, 3.63) is 46.0 Å². The lowest BCUT2D eigenvalue weighted by Crippen LogP contribution is -1.98. The lowest BCUT2D eigenvalue weighted by Gasteiger charge is -2.07. The highest BCUT2D eigenvalue weighted by Gasteiger charge is 2.05. The van der Waals surface area contributed by atoms with Crippen molar-refractivity contribution in [3.8, 4) is 0 Å². The molecule has 90 valence electrons. The molecule has 0 aliphatic rings. The van der Waals surface area contributed by atoms with Gasteiger partial charge in [-0.25, -0.2) is 0 Å². The zero-order valence-corrected chi connectivity index (χ0v) is 15.3. The molecule has 0 amide bonds. The molecular weight excluding hydrogens is 500 g/mol. The van der Waals surface area contributed by atoms with E-state index in [1.165, 1.54) is 8.45 Å². The van der Waals surface area contributed by atoms with Crippen molar-refractivity contribution in [2.75, 3.05) is 5.32 Å². The zero-order valence-electron chi connectivity index (χ0n) is 8.44. The van der Waals surface area contributed by atoms with Crippen molar-refractivity contribution in [2.45, 2.75) is 6.54 Å². The molecule has 0 saturated heterocycles. The van der Waals surface area contributed by atoms with Gasteiger partial charge in [0.2, 0.25) is 0 Å². The van der Waals surface area contributed by atoms with E-state index in [0.29, 0.717) is 0 Å². The minimum atomic E-state index is 0.773. The van der Waals surface area contributed by atoms with E-state index in [1.54, 1.807) is 11.3 Å². The highest BCUT2D eigenvalue weighted by Crippen LogP contribution is 2.33. The maximum Gasteiger partial charge on any atom is 0.107 e. The maximum atomic E-state index is 6.00. The summed E-state index contributed by atoms with van der Waals surface area (Å²) in [6.45, 7) is 0.773. The molecule has 0 unspecified atom stereocenters. The van der Waals surface area contributed by atoms with E-state index in [9.17, 15) is 0 Å². The third-order valence-corrected chi connectivity index (χ3v) is 5.88. The SMILES string of the molecule is Clc1sc(CNc2ccc(I)cc2Br)cc1Br. The van der Waals surface area contributed by atoms with Crippen LogP contribution < -0.4 is 5.32 Å². The van der Waals surface area contributed by atoms with Crippen molar-refractivity contribution >= 4 is 83.1 Å². The van der Waals surface area contributed by atoms with Crippen LogP contribution in [-0.4, -0.2) is 0 Å². The van der Waals surface area contributed by atoms with Crippen molar-refractivity contribution < 1.29 is 0 Å². The van der Waals surface area contributed by atoms with Gasteiger partial charge < -0.3 is 5.32 Å². The van der Waals surface area contributed by atoms with E-state index >= 15 is 0 Å². The predicted octanol–water partition coefficient (Wildman–Crippen LogP) is 6.14. The summed E-state index contributed by atoms with van der Waals surface area (Å²) in [4.78, 5) is 1.20. The Morgan fingerprint density at radius 1 is 1.24 bits per heavy atom. The normalized spacial score (nSPS) is 10.6. The van der Waals surface area contributed by atoms with Gasteiger partial charge in [0.05, 0.1) is 0 Å². The molecular formula is C11H7Br2ClINS. The third kappa shape index (κ3) is 3.83. The Morgan fingerprint density at radius 2 is 2.00 bits per heavy atom. The van der Waals surface area contributed by atoms with Crippen molar-refractivity contribution in [2.24, 2.45) is 0 Å². The van der Waals surface area contributed by atoms with E-state index in [1.807, 2.05) is 6.07 Å². The molecule has 0 fully saturated rings. The Balaban J connectivity index is 2.07. The molecule has 0 bridgehead atoms.